The Labute approximate surface area is 182 Å². The first kappa shape index (κ1) is 19.5. The lowest BCUT2D eigenvalue weighted by Gasteiger charge is -2.18. The van der Waals surface area contributed by atoms with E-state index >= 15 is 0 Å². The highest BCUT2D eigenvalue weighted by atomic mass is 15.4. The molecule has 9 heteroatoms. The van der Waals surface area contributed by atoms with Crippen LogP contribution in [0.4, 0.5) is 11.9 Å². The first-order chi connectivity index (χ1) is 15.2. The number of anilines is 2. The van der Waals surface area contributed by atoms with Crippen molar-refractivity contribution >= 4 is 30.9 Å². The number of rotatable bonds is 6. The van der Waals surface area contributed by atoms with Crippen molar-refractivity contribution in [3.05, 3.63) is 60.4 Å². The third-order valence-corrected chi connectivity index (χ3v) is 5.63. The second kappa shape index (κ2) is 8.35. The summed E-state index contributed by atoms with van der Waals surface area (Å²) in [6, 6.07) is 14.7. The van der Waals surface area contributed by atoms with Crippen molar-refractivity contribution in [1.29, 1.82) is 0 Å². The minimum Gasteiger partial charge on any atom is -0.350 e. The standard InChI is InChI=1S/C22H23BN8/c1-24-17-9-11-30(14-17)22-28-20-18(23)13-27-31(20)21(29-22)26-12-15-5-7-16(8-6-15)19-4-2-3-10-25-19/h2-8,10,13,17,24H,9,11-12,14H2,1H3,(H,26,28,29). The van der Waals surface area contributed by atoms with E-state index in [1.807, 2.05) is 25.2 Å². The first-order valence-electron chi connectivity index (χ1n) is 10.4. The Hall–Kier alpha value is -3.46. The number of nitrogens with one attached hydrogen (secondary N) is 2. The Balaban J connectivity index is 1.37. The molecule has 154 valence electrons. The minimum atomic E-state index is 0.441. The maximum Gasteiger partial charge on any atom is 0.230 e. The van der Waals surface area contributed by atoms with Gasteiger partial charge < -0.3 is 15.5 Å². The van der Waals surface area contributed by atoms with E-state index in [2.05, 4.69) is 54.9 Å². The molecular weight excluding hydrogens is 387 g/mol. The molecule has 1 atom stereocenters. The average molecular weight is 410 g/mol. The highest BCUT2D eigenvalue weighted by molar-refractivity contribution is 6.36. The monoisotopic (exact) mass is 410 g/mol. The van der Waals surface area contributed by atoms with Crippen LogP contribution in [-0.2, 0) is 6.54 Å². The number of aromatic nitrogens is 5. The molecule has 0 bridgehead atoms. The number of likely N-dealkylation sites (N-methyl/N-ethyl adjacent to an activating group) is 1. The van der Waals surface area contributed by atoms with Gasteiger partial charge in [-0.2, -0.15) is 19.6 Å². The fourth-order valence-corrected chi connectivity index (χ4v) is 3.82. The van der Waals surface area contributed by atoms with Crippen LogP contribution in [-0.4, -0.2) is 58.6 Å². The molecule has 5 rings (SSSR count). The van der Waals surface area contributed by atoms with Crippen LogP contribution in [0.25, 0.3) is 16.9 Å². The van der Waals surface area contributed by atoms with Crippen LogP contribution in [0, 0.1) is 0 Å². The van der Waals surface area contributed by atoms with Gasteiger partial charge in [0, 0.05) is 43.6 Å². The fourth-order valence-electron chi connectivity index (χ4n) is 3.82. The summed E-state index contributed by atoms with van der Waals surface area (Å²) in [5.41, 5.74) is 4.33. The van der Waals surface area contributed by atoms with Crippen LogP contribution >= 0.6 is 0 Å². The minimum absolute atomic E-state index is 0.441. The summed E-state index contributed by atoms with van der Waals surface area (Å²) >= 11 is 0. The topological polar surface area (TPSA) is 83.3 Å². The average Bonchev–Trinajstić information content (AvgIpc) is 3.45. The molecule has 4 heterocycles. The molecule has 31 heavy (non-hydrogen) atoms. The van der Waals surface area contributed by atoms with Crippen molar-refractivity contribution in [2.24, 2.45) is 0 Å². The van der Waals surface area contributed by atoms with Gasteiger partial charge in [-0.3, -0.25) is 4.98 Å². The molecule has 3 aromatic heterocycles. The molecule has 1 unspecified atom stereocenters. The van der Waals surface area contributed by atoms with Crippen molar-refractivity contribution in [2.45, 2.75) is 19.0 Å². The van der Waals surface area contributed by atoms with E-state index in [9.17, 15) is 0 Å². The molecular formula is C22H23BN8. The van der Waals surface area contributed by atoms with Gasteiger partial charge in [0.25, 0.3) is 0 Å². The van der Waals surface area contributed by atoms with Crippen LogP contribution in [0.2, 0.25) is 0 Å². The van der Waals surface area contributed by atoms with E-state index in [-0.39, 0.29) is 0 Å². The Morgan fingerprint density at radius 1 is 1.13 bits per heavy atom. The molecule has 2 N–H and O–H groups in total. The van der Waals surface area contributed by atoms with Crippen LogP contribution in [0.5, 0.6) is 0 Å². The van der Waals surface area contributed by atoms with Crippen molar-refractivity contribution in [3.8, 4) is 11.3 Å². The molecule has 0 aliphatic carbocycles. The number of pyridine rings is 1. The maximum absolute atomic E-state index is 6.11. The van der Waals surface area contributed by atoms with Crippen LogP contribution in [0.1, 0.15) is 12.0 Å². The molecule has 0 amide bonds. The molecule has 2 radical (unpaired) electrons. The predicted molar refractivity (Wildman–Crippen MR) is 123 cm³/mol. The highest BCUT2D eigenvalue weighted by Crippen LogP contribution is 2.20. The Morgan fingerprint density at radius 3 is 2.74 bits per heavy atom. The second-order valence-electron chi connectivity index (χ2n) is 7.67. The van der Waals surface area contributed by atoms with Gasteiger partial charge in [-0.15, -0.1) is 0 Å². The smallest absolute Gasteiger partial charge is 0.230 e. The van der Waals surface area contributed by atoms with E-state index < -0.39 is 0 Å². The van der Waals surface area contributed by atoms with Gasteiger partial charge in [0.05, 0.1) is 5.69 Å². The molecule has 1 aromatic carbocycles. The number of hydrogen-bond donors (Lipinski definition) is 2. The Bertz CT molecular complexity index is 1180. The van der Waals surface area contributed by atoms with E-state index in [1.165, 1.54) is 0 Å². The summed E-state index contributed by atoms with van der Waals surface area (Å²) in [5, 5.41) is 11.1. The second-order valence-corrected chi connectivity index (χ2v) is 7.67. The number of fused-ring (bicyclic) bond motifs is 1. The lowest BCUT2D eigenvalue weighted by Crippen LogP contribution is -2.30. The van der Waals surface area contributed by atoms with Crippen molar-refractivity contribution in [3.63, 3.8) is 0 Å². The maximum atomic E-state index is 6.11. The zero-order chi connectivity index (χ0) is 21.2. The zero-order valence-corrected chi connectivity index (χ0v) is 17.4. The molecule has 4 aromatic rings. The normalized spacial score (nSPS) is 16.2. The molecule has 0 spiro atoms. The van der Waals surface area contributed by atoms with Gasteiger partial charge in [0.2, 0.25) is 11.9 Å². The Kier molecular flexibility index (Phi) is 5.25. The van der Waals surface area contributed by atoms with Crippen molar-refractivity contribution in [1.82, 2.24) is 29.9 Å². The molecule has 1 aliphatic rings. The van der Waals surface area contributed by atoms with E-state index in [4.69, 9.17) is 12.8 Å². The lowest BCUT2D eigenvalue weighted by atomic mass is 10.0. The first-order valence-corrected chi connectivity index (χ1v) is 10.4. The summed E-state index contributed by atoms with van der Waals surface area (Å²) in [6.07, 6.45) is 4.48. The summed E-state index contributed by atoms with van der Waals surface area (Å²) in [6.45, 7) is 2.38. The number of hydrogen-bond acceptors (Lipinski definition) is 7. The molecule has 1 saturated heterocycles. The van der Waals surface area contributed by atoms with Gasteiger partial charge in [-0.1, -0.05) is 30.3 Å². The van der Waals surface area contributed by atoms with Crippen molar-refractivity contribution in [2.75, 3.05) is 30.4 Å². The van der Waals surface area contributed by atoms with Crippen LogP contribution in [0.15, 0.2) is 54.9 Å². The molecule has 8 nitrogen and oxygen atoms in total. The van der Waals surface area contributed by atoms with Crippen LogP contribution in [0.3, 0.4) is 0 Å². The van der Waals surface area contributed by atoms with E-state index in [0.717, 1.165) is 36.3 Å². The molecule has 0 saturated carbocycles. The number of benzene rings is 1. The van der Waals surface area contributed by atoms with Gasteiger partial charge in [-0.05, 0) is 36.6 Å². The third-order valence-electron chi connectivity index (χ3n) is 5.63. The van der Waals surface area contributed by atoms with Crippen molar-refractivity contribution < 1.29 is 0 Å². The summed E-state index contributed by atoms with van der Waals surface area (Å²) in [7, 11) is 8.09. The highest BCUT2D eigenvalue weighted by Gasteiger charge is 2.24. The van der Waals surface area contributed by atoms with Gasteiger partial charge >= 0.3 is 0 Å². The summed E-state index contributed by atoms with van der Waals surface area (Å²) in [4.78, 5) is 16.0. The third kappa shape index (κ3) is 3.96. The number of nitrogens with zero attached hydrogens (tertiary/aromatic N) is 6. The zero-order valence-electron chi connectivity index (χ0n) is 17.4. The Morgan fingerprint density at radius 2 is 2.00 bits per heavy atom. The fraction of sp³-hybridized carbons (Fsp3) is 0.273. The quantitative estimate of drug-likeness (QED) is 0.465. The lowest BCUT2D eigenvalue weighted by molar-refractivity contribution is 0.616. The van der Waals surface area contributed by atoms with Crippen LogP contribution < -0.4 is 21.0 Å². The largest absolute Gasteiger partial charge is 0.350 e. The van der Waals surface area contributed by atoms with E-state index in [0.29, 0.717) is 35.6 Å². The molecule has 1 aliphatic heterocycles. The predicted octanol–water partition coefficient (Wildman–Crippen LogP) is 1.39. The SMILES string of the molecule is [B]c1cnn2c(NCc3ccc(-c4ccccn4)cc3)nc(N3CCC(NC)C3)nc12. The van der Waals surface area contributed by atoms with Gasteiger partial charge in [-0.25, -0.2) is 0 Å². The summed E-state index contributed by atoms with van der Waals surface area (Å²) < 4.78 is 1.66. The van der Waals surface area contributed by atoms with E-state index in [1.54, 1.807) is 16.9 Å². The van der Waals surface area contributed by atoms with Gasteiger partial charge in [0.1, 0.15) is 7.85 Å². The van der Waals surface area contributed by atoms with Gasteiger partial charge in [0.15, 0.2) is 5.65 Å². The summed E-state index contributed by atoms with van der Waals surface area (Å²) in [5.74, 6) is 1.30. The molecule has 1 fully saturated rings.